The lowest BCUT2D eigenvalue weighted by atomic mass is 10.0. The molecule has 23 nitrogen and oxygen atoms in total. The smallest absolute Gasteiger partial charge is 0.407 e. The highest BCUT2D eigenvalue weighted by atomic mass is 35.5. The highest BCUT2D eigenvalue weighted by Gasteiger charge is 2.24. The maximum absolute atomic E-state index is 13.5. The Morgan fingerprint density at radius 2 is 1.03 bits per heavy atom. The van der Waals surface area contributed by atoms with Gasteiger partial charge in [-0.05, 0) is 89.7 Å². The number of hydrogen-bond donors (Lipinski definition) is 12. The Morgan fingerprint density at radius 3 is 1.58 bits per heavy atom. The first kappa shape index (κ1) is 65.2. The van der Waals surface area contributed by atoms with E-state index in [-0.39, 0.29) is 77.2 Å². The zero-order valence-electron chi connectivity index (χ0n) is 45.7. The number of carbonyl (C=O) groups is 8. The van der Waals surface area contributed by atoms with Gasteiger partial charge in [0.25, 0.3) is 0 Å². The van der Waals surface area contributed by atoms with E-state index in [1.807, 2.05) is 58.0 Å². The third kappa shape index (κ3) is 32.4. The van der Waals surface area contributed by atoms with E-state index in [0.717, 1.165) is 5.56 Å². The second kappa shape index (κ2) is 36.1. The van der Waals surface area contributed by atoms with E-state index >= 15 is 0 Å². The van der Waals surface area contributed by atoms with Crippen molar-refractivity contribution >= 4 is 59.9 Å². The zero-order chi connectivity index (χ0) is 56.5. The van der Waals surface area contributed by atoms with Gasteiger partial charge in [-0.2, -0.15) is 0 Å². The first-order valence-electron chi connectivity index (χ1n) is 26.0. The number of rotatable bonds is 31. The van der Waals surface area contributed by atoms with Crippen molar-refractivity contribution in [2.45, 2.75) is 149 Å². The highest BCUT2D eigenvalue weighted by Crippen LogP contribution is 2.16. The van der Waals surface area contributed by atoms with Crippen molar-refractivity contribution in [2.75, 3.05) is 46.3 Å². The molecule has 426 valence electrons. The molecule has 12 amide bonds. The summed E-state index contributed by atoms with van der Waals surface area (Å²) >= 11 is 6.16. The van der Waals surface area contributed by atoms with Crippen molar-refractivity contribution in [1.82, 2.24) is 63.8 Å². The molecule has 0 aliphatic carbocycles. The number of urea groups is 5. The van der Waals surface area contributed by atoms with Crippen LogP contribution in [0.2, 0.25) is 5.02 Å². The van der Waals surface area contributed by atoms with Crippen molar-refractivity contribution in [3.8, 4) is 0 Å². The zero-order valence-corrected chi connectivity index (χ0v) is 46.5. The summed E-state index contributed by atoms with van der Waals surface area (Å²) in [6.07, 6.45) is 1.32. The van der Waals surface area contributed by atoms with Crippen LogP contribution >= 0.6 is 11.6 Å². The highest BCUT2D eigenvalue weighted by molar-refractivity contribution is 6.31. The fourth-order valence-corrected chi connectivity index (χ4v) is 7.49. The Kier molecular flexibility index (Phi) is 31.0. The summed E-state index contributed by atoms with van der Waals surface area (Å²) in [6, 6.07) is 10.9. The van der Waals surface area contributed by atoms with Crippen molar-refractivity contribution in [1.29, 1.82) is 0 Å². The minimum absolute atomic E-state index is 0.00605. The largest absolute Gasteiger partial charge is 0.461 e. The van der Waals surface area contributed by atoms with Gasteiger partial charge in [0.1, 0.15) is 18.8 Å². The van der Waals surface area contributed by atoms with Gasteiger partial charge >= 0.3 is 48.3 Å². The fraction of sp³-hybridized carbons (Fsp3) is 0.615. The molecule has 0 spiro atoms. The van der Waals surface area contributed by atoms with Gasteiger partial charge in [0.05, 0.1) is 0 Å². The quantitative estimate of drug-likeness (QED) is 0.0241. The summed E-state index contributed by atoms with van der Waals surface area (Å²) in [4.78, 5) is 102. The molecule has 0 radical (unpaired) electrons. The minimum Gasteiger partial charge on any atom is -0.461 e. The molecular formula is C52H85ClN12O11. The standard InChI is InChI=1S/C52H85ClN12O11/c1-34(2)25-41(30-59-47(69)62-39(28-57-46(68)61-36(5)27-56-45(67)54-9)20-15-16-24-55-50(72)75-33-38-19-13-14-21-43(38)53)64-49(71)58-29-40(22-23-44(66)74-32-37-17-11-10-12-18-37)63-48(70)60-31-42(26-35(3)4)65-51(73)76-52(6,7)8/h10-14,17-19,21,34-36,39-42H,15-16,20,22-33H2,1-9H3,(H,55,72)(H,65,73)(H2,54,56,67)(H2,57,61,68)(H2,58,64,71)(H2,59,62,69)(H2,60,63,70)/t36-,39-,40-,41-,42-/m0/s1. The molecule has 24 heteroatoms. The molecule has 0 saturated heterocycles. The van der Waals surface area contributed by atoms with E-state index < -0.39 is 84.1 Å². The Balaban J connectivity index is 2.07. The lowest BCUT2D eigenvalue weighted by Gasteiger charge is -2.26. The molecule has 2 aromatic rings. The van der Waals surface area contributed by atoms with Gasteiger partial charge in [-0.1, -0.05) is 87.8 Å². The van der Waals surface area contributed by atoms with Crippen LogP contribution in [0.25, 0.3) is 0 Å². The lowest BCUT2D eigenvalue weighted by Crippen LogP contribution is -2.55. The predicted octanol–water partition coefficient (Wildman–Crippen LogP) is 5.87. The van der Waals surface area contributed by atoms with E-state index in [2.05, 4.69) is 63.8 Å². The average molecular weight is 1090 g/mol. The molecule has 5 atom stereocenters. The van der Waals surface area contributed by atoms with Crippen LogP contribution in [0.1, 0.15) is 111 Å². The number of esters is 1. The predicted molar refractivity (Wildman–Crippen MR) is 290 cm³/mol. The van der Waals surface area contributed by atoms with Gasteiger partial charge in [0, 0.05) is 93.5 Å². The van der Waals surface area contributed by atoms with E-state index in [1.54, 1.807) is 52.0 Å². The van der Waals surface area contributed by atoms with Crippen LogP contribution in [-0.2, 0) is 32.2 Å². The van der Waals surface area contributed by atoms with Gasteiger partial charge in [-0.3, -0.25) is 4.79 Å². The maximum atomic E-state index is 13.5. The monoisotopic (exact) mass is 1090 g/mol. The Hall–Kier alpha value is -6.91. The number of unbranched alkanes of at least 4 members (excludes halogenated alkanes) is 1. The molecular weight excluding hydrogens is 1000 g/mol. The Labute approximate surface area is 453 Å². The summed E-state index contributed by atoms with van der Waals surface area (Å²) in [5.41, 5.74) is 0.765. The van der Waals surface area contributed by atoms with Crippen molar-refractivity contribution in [3.05, 3.63) is 70.7 Å². The normalized spacial score (nSPS) is 13.0. The Morgan fingerprint density at radius 1 is 0.526 bits per heavy atom. The number of ether oxygens (including phenoxy) is 3. The molecule has 0 fully saturated rings. The summed E-state index contributed by atoms with van der Waals surface area (Å²) in [5, 5.41) is 33.6. The van der Waals surface area contributed by atoms with Crippen molar-refractivity contribution in [2.24, 2.45) is 11.8 Å². The molecule has 0 bridgehead atoms. The summed E-state index contributed by atoms with van der Waals surface area (Å²) < 4.78 is 16.2. The summed E-state index contributed by atoms with van der Waals surface area (Å²) in [7, 11) is 1.48. The third-order valence-corrected chi connectivity index (χ3v) is 11.3. The van der Waals surface area contributed by atoms with Gasteiger partial charge in [-0.15, -0.1) is 0 Å². The molecule has 0 aliphatic rings. The first-order valence-corrected chi connectivity index (χ1v) is 26.3. The molecule has 12 N–H and O–H groups in total. The molecule has 76 heavy (non-hydrogen) atoms. The molecule has 0 aromatic heterocycles. The molecule has 2 aromatic carbocycles. The SMILES string of the molecule is CNC(=O)NC[C@H](C)NC(=O)NC[C@H](CCCCNC(=O)OCc1ccccc1Cl)NC(=O)NC[C@H](CC(C)C)NC(=O)NC[C@H](CCC(=O)OCc1ccccc1)NC(=O)NC[C@H](CC(C)C)NC(=O)OC(C)(C)C. The molecule has 0 unspecified atom stereocenters. The van der Waals surface area contributed by atoms with E-state index in [0.29, 0.717) is 42.7 Å². The fourth-order valence-electron chi connectivity index (χ4n) is 7.30. The molecule has 2 rings (SSSR count). The second-order valence-corrected chi connectivity index (χ2v) is 20.7. The number of halogens is 1. The van der Waals surface area contributed by atoms with Crippen molar-refractivity contribution in [3.63, 3.8) is 0 Å². The van der Waals surface area contributed by atoms with E-state index in [4.69, 9.17) is 25.8 Å². The minimum atomic E-state index is -0.733. The molecule has 0 saturated carbocycles. The number of carbonyl (C=O) groups excluding carboxylic acids is 8. The van der Waals surface area contributed by atoms with Crippen LogP contribution in [0.5, 0.6) is 0 Å². The summed E-state index contributed by atoms with van der Waals surface area (Å²) in [6.45, 7) is 15.5. The van der Waals surface area contributed by atoms with Gasteiger partial charge in [0.2, 0.25) is 0 Å². The maximum Gasteiger partial charge on any atom is 0.407 e. The topological polar surface area (TPSA) is 309 Å². The number of alkyl carbamates (subject to hydrolysis) is 2. The number of benzene rings is 2. The van der Waals surface area contributed by atoms with Crippen molar-refractivity contribution < 1.29 is 52.6 Å². The lowest BCUT2D eigenvalue weighted by molar-refractivity contribution is -0.145. The van der Waals surface area contributed by atoms with Crippen LogP contribution in [0.4, 0.5) is 33.6 Å². The van der Waals surface area contributed by atoms with Gasteiger partial charge < -0.3 is 78.0 Å². The van der Waals surface area contributed by atoms with Crippen LogP contribution < -0.4 is 63.8 Å². The second-order valence-electron chi connectivity index (χ2n) is 20.2. The number of hydrogen-bond acceptors (Lipinski definition) is 11. The van der Waals surface area contributed by atoms with E-state index in [9.17, 15) is 38.4 Å². The third-order valence-electron chi connectivity index (χ3n) is 11.0. The van der Waals surface area contributed by atoms with Crippen LogP contribution in [0.3, 0.4) is 0 Å². The molecule has 0 heterocycles. The summed E-state index contributed by atoms with van der Waals surface area (Å²) in [5.74, 6) is -0.210. The average Bonchev–Trinajstić information content (AvgIpc) is 3.34. The molecule has 0 aliphatic heterocycles. The first-order chi connectivity index (χ1) is 36.0. The van der Waals surface area contributed by atoms with Gasteiger partial charge in [-0.25, -0.2) is 33.6 Å². The van der Waals surface area contributed by atoms with E-state index in [1.165, 1.54) is 7.05 Å². The van der Waals surface area contributed by atoms with Crippen LogP contribution in [-0.4, -0.2) is 130 Å². The Bertz CT molecular complexity index is 2100. The van der Waals surface area contributed by atoms with Gasteiger partial charge in [0.15, 0.2) is 0 Å². The number of nitrogens with one attached hydrogen (secondary N) is 12. The van der Waals surface area contributed by atoms with Crippen LogP contribution in [0.15, 0.2) is 54.6 Å². The number of amides is 12. The van der Waals surface area contributed by atoms with Crippen LogP contribution in [0, 0.1) is 11.8 Å².